The highest BCUT2D eigenvalue weighted by atomic mass is 15.2. The second-order valence-electron chi connectivity index (χ2n) is 5.01. The van der Waals surface area contributed by atoms with Crippen LogP contribution in [0.1, 0.15) is 31.9 Å². The van der Waals surface area contributed by atoms with Crippen LogP contribution in [0.25, 0.3) is 0 Å². The first kappa shape index (κ1) is 13.8. The third-order valence-electron chi connectivity index (χ3n) is 3.51. The van der Waals surface area contributed by atoms with Crippen molar-refractivity contribution >= 4 is 5.82 Å². The van der Waals surface area contributed by atoms with Gasteiger partial charge in [0.2, 0.25) is 0 Å². The molecule has 0 bridgehead atoms. The van der Waals surface area contributed by atoms with Crippen molar-refractivity contribution in [1.29, 1.82) is 5.26 Å². The molecule has 5 heteroatoms. The lowest BCUT2D eigenvalue weighted by Crippen LogP contribution is -2.37. The third kappa shape index (κ3) is 3.90. The summed E-state index contributed by atoms with van der Waals surface area (Å²) in [6, 6.07) is 2.01. The molecule has 0 aromatic carbocycles. The van der Waals surface area contributed by atoms with Gasteiger partial charge in [-0.05, 0) is 38.3 Å². The number of nitrogens with one attached hydrogen (secondary N) is 1. The number of hydrogen-bond donors (Lipinski definition) is 1. The fraction of sp³-hybridized carbons (Fsp3) is 0.643. The summed E-state index contributed by atoms with van der Waals surface area (Å²) in [4.78, 5) is 10.8. The highest BCUT2D eigenvalue weighted by Gasteiger charge is 2.17. The average Bonchev–Trinajstić information content (AvgIpc) is 2.48. The minimum atomic E-state index is 0.377. The van der Waals surface area contributed by atoms with Crippen LogP contribution in [-0.4, -0.2) is 36.1 Å². The summed E-state index contributed by atoms with van der Waals surface area (Å²) in [5.41, 5.74) is 0.377. The molecule has 1 saturated heterocycles. The Hall–Kier alpha value is -1.67. The molecule has 0 amide bonds. The maximum atomic E-state index is 8.76. The van der Waals surface area contributed by atoms with Gasteiger partial charge in [-0.15, -0.1) is 0 Å². The van der Waals surface area contributed by atoms with Crippen molar-refractivity contribution in [3.05, 3.63) is 18.1 Å². The zero-order valence-electron chi connectivity index (χ0n) is 11.5. The maximum absolute atomic E-state index is 8.76. The molecule has 2 heterocycles. The molecule has 0 radical (unpaired) electrons. The molecule has 0 saturated carbocycles. The Morgan fingerprint density at radius 2 is 2.16 bits per heavy atom. The van der Waals surface area contributed by atoms with E-state index < -0.39 is 0 Å². The Morgan fingerprint density at radius 1 is 1.37 bits per heavy atom. The lowest BCUT2D eigenvalue weighted by molar-refractivity contribution is 0.372. The van der Waals surface area contributed by atoms with Crippen LogP contribution in [0.4, 0.5) is 5.82 Å². The van der Waals surface area contributed by atoms with Crippen LogP contribution in [-0.2, 0) is 0 Å². The molecule has 2 rings (SSSR count). The SMILES string of the molecule is CCCN(CC1CCNCC1)c1cnc(C#N)cn1. The number of nitriles is 1. The Bertz CT molecular complexity index is 416. The van der Waals surface area contributed by atoms with Crippen LogP contribution in [0, 0.1) is 17.2 Å². The van der Waals surface area contributed by atoms with Crippen LogP contribution in [0.3, 0.4) is 0 Å². The topological polar surface area (TPSA) is 64.8 Å². The van der Waals surface area contributed by atoms with Gasteiger partial charge in [0, 0.05) is 13.1 Å². The molecule has 0 aliphatic carbocycles. The zero-order chi connectivity index (χ0) is 13.5. The van der Waals surface area contributed by atoms with Crippen molar-refractivity contribution in [1.82, 2.24) is 15.3 Å². The Balaban J connectivity index is 2.03. The minimum Gasteiger partial charge on any atom is -0.355 e. The van der Waals surface area contributed by atoms with Crippen LogP contribution in [0.5, 0.6) is 0 Å². The molecule has 19 heavy (non-hydrogen) atoms. The summed E-state index contributed by atoms with van der Waals surface area (Å²) < 4.78 is 0. The summed E-state index contributed by atoms with van der Waals surface area (Å²) >= 11 is 0. The number of nitrogens with zero attached hydrogens (tertiary/aromatic N) is 4. The molecule has 1 N–H and O–H groups in total. The van der Waals surface area contributed by atoms with Crippen molar-refractivity contribution in [2.45, 2.75) is 26.2 Å². The first-order valence-electron chi connectivity index (χ1n) is 7.01. The highest BCUT2D eigenvalue weighted by Crippen LogP contribution is 2.18. The lowest BCUT2D eigenvalue weighted by atomic mass is 9.97. The fourth-order valence-electron chi connectivity index (χ4n) is 2.49. The van der Waals surface area contributed by atoms with Crippen LogP contribution in [0.15, 0.2) is 12.4 Å². The number of piperidine rings is 1. The monoisotopic (exact) mass is 259 g/mol. The molecular weight excluding hydrogens is 238 g/mol. The number of aromatic nitrogens is 2. The summed E-state index contributed by atoms with van der Waals surface area (Å²) in [6.07, 6.45) is 6.82. The van der Waals surface area contributed by atoms with E-state index in [1.54, 1.807) is 12.4 Å². The quantitative estimate of drug-likeness (QED) is 0.869. The Morgan fingerprint density at radius 3 is 2.74 bits per heavy atom. The van der Waals surface area contributed by atoms with Gasteiger partial charge >= 0.3 is 0 Å². The molecule has 102 valence electrons. The van der Waals surface area contributed by atoms with E-state index in [0.29, 0.717) is 5.69 Å². The average molecular weight is 259 g/mol. The maximum Gasteiger partial charge on any atom is 0.158 e. The van der Waals surface area contributed by atoms with Gasteiger partial charge in [0.15, 0.2) is 5.69 Å². The molecule has 0 unspecified atom stereocenters. The van der Waals surface area contributed by atoms with Crippen molar-refractivity contribution in [3.8, 4) is 6.07 Å². The predicted molar refractivity (Wildman–Crippen MR) is 74.8 cm³/mol. The second kappa shape index (κ2) is 7.05. The summed E-state index contributed by atoms with van der Waals surface area (Å²) in [6.45, 7) is 6.43. The Kier molecular flexibility index (Phi) is 5.10. The molecule has 1 aliphatic heterocycles. The molecule has 0 spiro atoms. The Labute approximate surface area is 114 Å². The number of hydrogen-bond acceptors (Lipinski definition) is 5. The van der Waals surface area contributed by atoms with Gasteiger partial charge in [-0.25, -0.2) is 9.97 Å². The van der Waals surface area contributed by atoms with E-state index in [2.05, 4.69) is 27.1 Å². The van der Waals surface area contributed by atoms with Crippen LogP contribution in [0.2, 0.25) is 0 Å². The van der Waals surface area contributed by atoms with Gasteiger partial charge in [0.05, 0.1) is 12.4 Å². The molecule has 1 aliphatic rings. The first-order valence-corrected chi connectivity index (χ1v) is 7.01. The molecule has 1 fully saturated rings. The second-order valence-corrected chi connectivity index (χ2v) is 5.01. The highest BCUT2D eigenvalue weighted by molar-refractivity contribution is 5.37. The molecule has 1 aromatic rings. The van der Waals surface area contributed by atoms with Gasteiger partial charge in [0.25, 0.3) is 0 Å². The molecular formula is C14H21N5. The summed E-state index contributed by atoms with van der Waals surface area (Å²) in [5, 5.41) is 12.2. The minimum absolute atomic E-state index is 0.377. The fourth-order valence-corrected chi connectivity index (χ4v) is 2.49. The van der Waals surface area contributed by atoms with Crippen molar-refractivity contribution in [2.75, 3.05) is 31.1 Å². The van der Waals surface area contributed by atoms with E-state index in [1.165, 1.54) is 12.8 Å². The van der Waals surface area contributed by atoms with E-state index in [1.807, 2.05) is 6.07 Å². The van der Waals surface area contributed by atoms with E-state index >= 15 is 0 Å². The number of anilines is 1. The third-order valence-corrected chi connectivity index (χ3v) is 3.51. The van der Waals surface area contributed by atoms with E-state index in [4.69, 9.17) is 5.26 Å². The van der Waals surface area contributed by atoms with Crippen LogP contribution >= 0.6 is 0 Å². The van der Waals surface area contributed by atoms with Gasteiger partial charge in [-0.3, -0.25) is 0 Å². The standard InChI is InChI=1S/C14H21N5/c1-2-7-19(11-12-3-5-16-6-4-12)14-10-17-13(8-15)9-18-14/h9-10,12,16H,2-7,11H2,1H3. The van der Waals surface area contributed by atoms with E-state index in [0.717, 1.165) is 44.3 Å². The van der Waals surface area contributed by atoms with Crippen molar-refractivity contribution < 1.29 is 0 Å². The van der Waals surface area contributed by atoms with Gasteiger partial charge in [-0.1, -0.05) is 6.92 Å². The van der Waals surface area contributed by atoms with Gasteiger partial charge < -0.3 is 10.2 Å². The molecule has 0 atom stereocenters. The molecule has 5 nitrogen and oxygen atoms in total. The summed E-state index contributed by atoms with van der Waals surface area (Å²) in [5.74, 6) is 1.62. The normalized spacial score (nSPS) is 16.0. The lowest BCUT2D eigenvalue weighted by Gasteiger charge is -2.30. The van der Waals surface area contributed by atoms with Gasteiger partial charge in [-0.2, -0.15) is 5.26 Å². The number of rotatable bonds is 5. The molecule has 1 aromatic heterocycles. The van der Waals surface area contributed by atoms with Crippen LogP contribution < -0.4 is 10.2 Å². The van der Waals surface area contributed by atoms with E-state index in [-0.39, 0.29) is 0 Å². The van der Waals surface area contributed by atoms with Crippen molar-refractivity contribution in [2.24, 2.45) is 5.92 Å². The largest absolute Gasteiger partial charge is 0.355 e. The van der Waals surface area contributed by atoms with Crippen molar-refractivity contribution in [3.63, 3.8) is 0 Å². The van der Waals surface area contributed by atoms with E-state index in [9.17, 15) is 0 Å². The van der Waals surface area contributed by atoms with Gasteiger partial charge in [0.1, 0.15) is 11.9 Å². The summed E-state index contributed by atoms with van der Waals surface area (Å²) in [7, 11) is 0. The predicted octanol–water partition coefficient (Wildman–Crippen LogP) is 1.56. The first-order chi connectivity index (χ1) is 9.33. The smallest absolute Gasteiger partial charge is 0.158 e. The zero-order valence-corrected chi connectivity index (χ0v) is 11.5.